The van der Waals surface area contributed by atoms with E-state index in [1.807, 2.05) is 37.3 Å². The van der Waals surface area contributed by atoms with Crippen LogP contribution in [-0.4, -0.2) is 34.0 Å². The number of amides is 2. The number of nitrogens with one attached hydrogen (secondary N) is 3. The van der Waals surface area contributed by atoms with Crippen molar-refractivity contribution in [1.82, 2.24) is 15.5 Å². The Hall–Kier alpha value is -2.34. The van der Waals surface area contributed by atoms with Gasteiger partial charge in [0, 0.05) is 18.4 Å². The Morgan fingerprint density at radius 3 is 2.71 bits per heavy atom. The zero-order chi connectivity index (χ0) is 15.1. The molecule has 0 spiro atoms. The molecule has 2 aromatic rings. The fraction of sp³-hybridized carbons (Fsp3) is 0.333. The van der Waals surface area contributed by atoms with E-state index in [4.69, 9.17) is 0 Å². The fourth-order valence-corrected chi connectivity index (χ4v) is 1.88. The van der Waals surface area contributed by atoms with Crippen molar-refractivity contribution >= 4 is 11.7 Å². The van der Waals surface area contributed by atoms with E-state index >= 15 is 0 Å². The first-order valence-corrected chi connectivity index (χ1v) is 7.01. The zero-order valence-corrected chi connectivity index (χ0v) is 12.0. The highest BCUT2D eigenvalue weighted by molar-refractivity contribution is 5.89. The minimum Gasteiger partial charge on any atom is -0.393 e. The van der Waals surface area contributed by atoms with Gasteiger partial charge in [-0.25, -0.2) is 4.79 Å². The number of nitrogens with zero attached hydrogens (tertiary/aromatic N) is 1. The molecule has 0 aliphatic carbocycles. The van der Waals surface area contributed by atoms with Crippen molar-refractivity contribution in [1.29, 1.82) is 0 Å². The monoisotopic (exact) mass is 288 g/mol. The molecule has 0 aliphatic rings. The summed E-state index contributed by atoms with van der Waals surface area (Å²) in [5.41, 5.74) is 2.65. The molecule has 1 unspecified atom stereocenters. The lowest BCUT2D eigenvalue weighted by molar-refractivity contribution is 0.160. The molecular weight excluding hydrogens is 268 g/mol. The van der Waals surface area contributed by atoms with Crippen LogP contribution in [0.1, 0.15) is 19.8 Å². The highest BCUT2D eigenvalue weighted by Gasteiger charge is 2.04. The topological polar surface area (TPSA) is 90.0 Å². The van der Waals surface area contributed by atoms with Gasteiger partial charge in [-0.15, -0.1) is 0 Å². The molecular formula is C15H20N4O2. The standard InChI is InChI=1S/C15H20N4O2/c1-2-13(20)7-9-16-15(21)18-12-5-3-11(4-6-12)14-8-10-17-19-14/h3-6,8,10,13,20H,2,7,9H2,1H3,(H,17,19)(H2,16,18,21). The van der Waals surface area contributed by atoms with Gasteiger partial charge in [0.2, 0.25) is 0 Å². The normalized spacial score (nSPS) is 11.9. The number of H-pyrrole nitrogens is 1. The number of urea groups is 1. The molecule has 1 heterocycles. The third kappa shape index (κ3) is 4.61. The van der Waals surface area contributed by atoms with Gasteiger partial charge in [-0.05, 0) is 36.6 Å². The Morgan fingerprint density at radius 1 is 1.33 bits per heavy atom. The minimum atomic E-state index is -0.362. The van der Waals surface area contributed by atoms with E-state index in [1.165, 1.54) is 0 Å². The molecule has 1 aromatic carbocycles. The Bertz CT molecular complexity index is 552. The Labute approximate surface area is 123 Å². The summed E-state index contributed by atoms with van der Waals surface area (Å²) < 4.78 is 0. The summed E-state index contributed by atoms with van der Waals surface area (Å²) in [5.74, 6) is 0. The number of benzene rings is 1. The van der Waals surface area contributed by atoms with Crippen molar-refractivity contribution in [3.8, 4) is 11.3 Å². The van der Waals surface area contributed by atoms with Crippen molar-refractivity contribution < 1.29 is 9.90 Å². The van der Waals surface area contributed by atoms with Gasteiger partial charge in [-0.1, -0.05) is 19.1 Å². The molecule has 112 valence electrons. The van der Waals surface area contributed by atoms with E-state index in [9.17, 15) is 9.90 Å². The van der Waals surface area contributed by atoms with Crippen LogP contribution in [0.25, 0.3) is 11.3 Å². The average Bonchev–Trinajstić information content (AvgIpc) is 3.02. The number of aliphatic hydroxyl groups is 1. The lowest BCUT2D eigenvalue weighted by Gasteiger charge is -2.10. The summed E-state index contributed by atoms with van der Waals surface area (Å²) in [6.07, 6.45) is 2.58. The van der Waals surface area contributed by atoms with E-state index < -0.39 is 0 Å². The molecule has 6 heteroatoms. The maximum absolute atomic E-state index is 11.7. The number of aliphatic hydroxyl groups excluding tert-OH is 1. The van der Waals surface area contributed by atoms with E-state index in [1.54, 1.807) is 6.20 Å². The van der Waals surface area contributed by atoms with Crippen LogP contribution in [0.2, 0.25) is 0 Å². The van der Waals surface area contributed by atoms with Gasteiger partial charge in [0.1, 0.15) is 0 Å². The molecule has 0 saturated carbocycles. The van der Waals surface area contributed by atoms with Crippen molar-refractivity contribution in [3.05, 3.63) is 36.5 Å². The van der Waals surface area contributed by atoms with Crippen LogP contribution in [0.5, 0.6) is 0 Å². The molecule has 1 aromatic heterocycles. The van der Waals surface area contributed by atoms with E-state index in [0.717, 1.165) is 11.3 Å². The molecule has 6 nitrogen and oxygen atoms in total. The number of rotatable bonds is 6. The number of aromatic amines is 1. The van der Waals surface area contributed by atoms with Gasteiger partial charge in [-0.3, -0.25) is 5.10 Å². The van der Waals surface area contributed by atoms with Crippen LogP contribution in [0.4, 0.5) is 10.5 Å². The number of hydrogen-bond acceptors (Lipinski definition) is 3. The van der Waals surface area contributed by atoms with Crippen LogP contribution in [0.3, 0.4) is 0 Å². The largest absolute Gasteiger partial charge is 0.393 e. The maximum atomic E-state index is 11.7. The molecule has 4 N–H and O–H groups in total. The predicted octanol–water partition coefficient (Wildman–Crippen LogP) is 2.36. The van der Waals surface area contributed by atoms with Crippen LogP contribution >= 0.6 is 0 Å². The van der Waals surface area contributed by atoms with Gasteiger partial charge in [0.05, 0.1) is 11.8 Å². The summed E-state index contributed by atoms with van der Waals surface area (Å²) in [7, 11) is 0. The second-order valence-electron chi connectivity index (χ2n) is 4.78. The minimum absolute atomic E-state index is 0.271. The van der Waals surface area contributed by atoms with Crippen molar-refractivity contribution in [2.45, 2.75) is 25.9 Å². The summed E-state index contributed by atoms with van der Waals surface area (Å²) in [6.45, 7) is 2.36. The highest BCUT2D eigenvalue weighted by Crippen LogP contribution is 2.18. The third-order valence-corrected chi connectivity index (χ3v) is 3.19. The lowest BCUT2D eigenvalue weighted by atomic mass is 10.1. The SMILES string of the molecule is CCC(O)CCNC(=O)Nc1ccc(-c2ccn[nH]2)cc1. The van der Waals surface area contributed by atoms with Crippen molar-refractivity contribution in [3.63, 3.8) is 0 Å². The van der Waals surface area contributed by atoms with E-state index in [0.29, 0.717) is 25.1 Å². The third-order valence-electron chi connectivity index (χ3n) is 3.19. The summed E-state index contributed by atoms with van der Waals surface area (Å²) in [6, 6.07) is 9.09. The van der Waals surface area contributed by atoms with Crippen molar-refractivity contribution in [2.75, 3.05) is 11.9 Å². The van der Waals surface area contributed by atoms with Gasteiger partial charge in [-0.2, -0.15) is 5.10 Å². The Kier molecular flexibility index (Phi) is 5.34. The van der Waals surface area contributed by atoms with Crippen LogP contribution < -0.4 is 10.6 Å². The molecule has 1 atom stereocenters. The second kappa shape index (κ2) is 7.44. The maximum Gasteiger partial charge on any atom is 0.319 e. The number of aromatic nitrogens is 2. The van der Waals surface area contributed by atoms with Gasteiger partial charge >= 0.3 is 6.03 Å². The molecule has 0 aliphatic heterocycles. The van der Waals surface area contributed by atoms with Crippen LogP contribution in [0.15, 0.2) is 36.5 Å². The molecule has 21 heavy (non-hydrogen) atoms. The predicted molar refractivity (Wildman–Crippen MR) is 82.0 cm³/mol. The number of anilines is 1. The summed E-state index contributed by atoms with van der Waals surface area (Å²) >= 11 is 0. The quantitative estimate of drug-likeness (QED) is 0.657. The van der Waals surface area contributed by atoms with Crippen LogP contribution in [-0.2, 0) is 0 Å². The van der Waals surface area contributed by atoms with Crippen LogP contribution in [0, 0.1) is 0 Å². The highest BCUT2D eigenvalue weighted by atomic mass is 16.3. The van der Waals surface area contributed by atoms with Gasteiger partial charge in [0.25, 0.3) is 0 Å². The first-order chi connectivity index (χ1) is 10.2. The smallest absolute Gasteiger partial charge is 0.319 e. The Morgan fingerprint density at radius 2 is 2.10 bits per heavy atom. The molecule has 0 saturated heterocycles. The first kappa shape index (κ1) is 15.1. The average molecular weight is 288 g/mol. The van der Waals surface area contributed by atoms with Gasteiger partial charge in [0.15, 0.2) is 0 Å². The summed E-state index contributed by atoms with van der Waals surface area (Å²) in [5, 5.41) is 21.6. The Balaban J connectivity index is 1.81. The zero-order valence-electron chi connectivity index (χ0n) is 12.0. The second-order valence-corrected chi connectivity index (χ2v) is 4.78. The molecule has 2 amide bonds. The lowest BCUT2D eigenvalue weighted by Crippen LogP contribution is -2.31. The molecule has 0 fully saturated rings. The molecule has 0 bridgehead atoms. The number of carbonyl (C=O) groups is 1. The molecule has 0 radical (unpaired) electrons. The summed E-state index contributed by atoms with van der Waals surface area (Å²) in [4.78, 5) is 11.7. The van der Waals surface area contributed by atoms with Gasteiger partial charge < -0.3 is 15.7 Å². The van der Waals surface area contributed by atoms with E-state index in [-0.39, 0.29) is 12.1 Å². The molecule has 2 rings (SSSR count). The number of hydrogen-bond donors (Lipinski definition) is 4. The number of carbonyl (C=O) groups excluding carboxylic acids is 1. The van der Waals surface area contributed by atoms with E-state index in [2.05, 4.69) is 20.8 Å². The van der Waals surface area contributed by atoms with Crippen molar-refractivity contribution in [2.24, 2.45) is 0 Å². The fourth-order valence-electron chi connectivity index (χ4n) is 1.88. The first-order valence-electron chi connectivity index (χ1n) is 7.01.